The summed E-state index contributed by atoms with van der Waals surface area (Å²) in [7, 11) is 0. The van der Waals surface area contributed by atoms with Crippen molar-refractivity contribution in [1.29, 1.82) is 0 Å². The number of thioether (sulfide) groups is 1. The monoisotopic (exact) mass is 258 g/mol. The molecule has 2 rings (SSSR count). The van der Waals surface area contributed by atoms with Crippen LogP contribution in [0.25, 0.3) is 0 Å². The van der Waals surface area contributed by atoms with E-state index in [2.05, 4.69) is 16.9 Å². The fourth-order valence-corrected chi connectivity index (χ4v) is 3.23. The molecule has 1 amide bonds. The van der Waals surface area contributed by atoms with Crippen LogP contribution in [0, 0.1) is 0 Å². The zero-order chi connectivity index (χ0) is 12.1. The van der Waals surface area contributed by atoms with Crippen molar-refractivity contribution < 1.29 is 9.53 Å². The first-order valence-electron chi connectivity index (χ1n) is 6.38. The van der Waals surface area contributed by atoms with Crippen molar-refractivity contribution in [1.82, 2.24) is 10.6 Å². The molecule has 1 atom stereocenters. The zero-order valence-electron chi connectivity index (χ0n) is 10.5. The van der Waals surface area contributed by atoms with Crippen LogP contribution in [-0.4, -0.2) is 49.3 Å². The summed E-state index contributed by atoms with van der Waals surface area (Å²) in [5, 5.41) is 6.29. The third kappa shape index (κ3) is 3.60. The summed E-state index contributed by atoms with van der Waals surface area (Å²) in [6, 6.07) is 0. The van der Waals surface area contributed by atoms with Gasteiger partial charge in [0.05, 0.1) is 19.1 Å². The van der Waals surface area contributed by atoms with Crippen LogP contribution in [0.5, 0.6) is 0 Å². The third-order valence-electron chi connectivity index (χ3n) is 3.72. The average Bonchev–Trinajstić information content (AvgIpc) is 2.29. The molecule has 1 saturated carbocycles. The Morgan fingerprint density at radius 3 is 2.94 bits per heavy atom. The maximum absolute atomic E-state index is 11.8. The van der Waals surface area contributed by atoms with Crippen LogP contribution in [-0.2, 0) is 9.53 Å². The Kier molecular flexibility index (Phi) is 4.70. The van der Waals surface area contributed by atoms with Crippen LogP contribution in [0.15, 0.2) is 0 Å². The van der Waals surface area contributed by atoms with Gasteiger partial charge in [0.1, 0.15) is 0 Å². The highest BCUT2D eigenvalue weighted by Crippen LogP contribution is 2.42. The predicted octanol–water partition coefficient (Wildman–Crippen LogP) is 0.767. The molecule has 98 valence electrons. The van der Waals surface area contributed by atoms with E-state index in [0.29, 0.717) is 17.8 Å². The highest BCUT2D eigenvalue weighted by Gasteiger charge is 2.36. The summed E-state index contributed by atoms with van der Waals surface area (Å²) in [5.41, 5.74) is 0. The summed E-state index contributed by atoms with van der Waals surface area (Å²) < 4.78 is 5.84. The van der Waals surface area contributed by atoms with Crippen LogP contribution in [0.1, 0.15) is 25.7 Å². The average molecular weight is 258 g/mol. The minimum absolute atomic E-state index is 0.0513. The first-order valence-corrected chi connectivity index (χ1v) is 7.61. The Labute approximate surface area is 107 Å². The molecule has 2 N–H and O–H groups in total. The highest BCUT2D eigenvalue weighted by molar-refractivity contribution is 8.00. The van der Waals surface area contributed by atoms with E-state index in [1.165, 1.54) is 19.3 Å². The minimum atomic E-state index is 0.0513. The van der Waals surface area contributed by atoms with E-state index in [9.17, 15) is 4.79 Å². The smallest absolute Gasteiger partial charge is 0.222 e. The molecule has 0 aromatic carbocycles. The molecule has 0 radical (unpaired) electrons. The molecular formula is C12H22N2O2S. The third-order valence-corrected chi connectivity index (χ3v) is 5.14. The first kappa shape index (κ1) is 13.2. The Balaban J connectivity index is 1.66. The van der Waals surface area contributed by atoms with E-state index < -0.39 is 0 Å². The van der Waals surface area contributed by atoms with Crippen LogP contribution in [0.3, 0.4) is 0 Å². The number of amides is 1. The highest BCUT2D eigenvalue weighted by atomic mass is 32.2. The van der Waals surface area contributed by atoms with Gasteiger partial charge in [-0.2, -0.15) is 11.8 Å². The molecule has 1 aliphatic carbocycles. The van der Waals surface area contributed by atoms with Gasteiger partial charge >= 0.3 is 0 Å². The lowest BCUT2D eigenvalue weighted by Gasteiger charge is -2.40. The van der Waals surface area contributed by atoms with Crippen LogP contribution in [0.2, 0.25) is 0 Å². The lowest BCUT2D eigenvalue weighted by molar-refractivity contribution is -0.124. The first-order chi connectivity index (χ1) is 8.24. The van der Waals surface area contributed by atoms with Gasteiger partial charge in [0, 0.05) is 24.4 Å². The largest absolute Gasteiger partial charge is 0.375 e. The summed E-state index contributed by atoms with van der Waals surface area (Å²) in [6.45, 7) is 3.22. The number of rotatable bonds is 5. The fraction of sp³-hybridized carbons (Fsp3) is 0.917. The maximum atomic E-state index is 11.8. The molecule has 2 fully saturated rings. The van der Waals surface area contributed by atoms with Gasteiger partial charge in [0.25, 0.3) is 0 Å². The normalized spacial score (nSPS) is 27.2. The van der Waals surface area contributed by atoms with Crippen LogP contribution in [0.4, 0.5) is 0 Å². The van der Waals surface area contributed by atoms with Gasteiger partial charge < -0.3 is 15.4 Å². The van der Waals surface area contributed by atoms with Crippen molar-refractivity contribution in [3.8, 4) is 0 Å². The number of ether oxygens (including phenoxy) is 1. The zero-order valence-corrected chi connectivity index (χ0v) is 11.3. The molecule has 1 aliphatic heterocycles. The molecule has 0 bridgehead atoms. The van der Waals surface area contributed by atoms with Gasteiger partial charge in [0.2, 0.25) is 5.91 Å². The molecule has 5 heteroatoms. The van der Waals surface area contributed by atoms with Gasteiger partial charge in [-0.3, -0.25) is 4.79 Å². The molecule has 17 heavy (non-hydrogen) atoms. The summed E-state index contributed by atoms with van der Waals surface area (Å²) >= 11 is 1.89. The Morgan fingerprint density at radius 2 is 2.41 bits per heavy atom. The molecule has 0 aromatic heterocycles. The Morgan fingerprint density at radius 1 is 1.59 bits per heavy atom. The number of hydrogen-bond donors (Lipinski definition) is 2. The van der Waals surface area contributed by atoms with Gasteiger partial charge in [-0.15, -0.1) is 0 Å². The SMILES string of the molecule is CSC1(CNC(=O)CC2CNCCO2)CCC1. The van der Waals surface area contributed by atoms with Crippen LogP contribution >= 0.6 is 11.8 Å². The second kappa shape index (κ2) is 6.07. The molecule has 1 unspecified atom stereocenters. The number of morpholine rings is 1. The molecular weight excluding hydrogens is 236 g/mol. The molecule has 0 aromatic rings. The van der Waals surface area contributed by atoms with E-state index in [1.807, 2.05) is 11.8 Å². The van der Waals surface area contributed by atoms with E-state index in [4.69, 9.17) is 4.74 Å². The van der Waals surface area contributed by atoms with E-state index in [-0.39, 0.29) is 12.0 Å². The van der Waals surface area contributed by atoms with Crippen molar-refractivity contribution in [2.45, 2.75) is 36.5 Å². The topological polar surface area (TPSA) is 50.4 Å². The quantitative estimate of drug-likeness (QED) is 0.765. The van der Waals surface area contributed by atoms with Gasteiger partial charge in [-0.05, 0) is 19.1 Å². The second-order valence-corrected chi connectivity index (χ2v) is 6.19. The number of carbonyl (C=O) groups excluding carboxylic acids is 1. The van der Waals surface area contributed by atoms with Crippen molar-refractivity contribution in [2.24, 2.45) is 0 Å². The fourth-order valence-electron chi connectivity index (χ4n) is 2.31. The van der Waals surface area contributed by atoms with E-state index in [0.717, 1.165) is 19.6 Å². The lowest BCUT2D eigenvalue weighted by atomic mass is 9.84. The number of nitrogens with one attached hydrogen (secondary N) is 2. The summed E-state index contributed by atoms with van der Waals surface area (Å²) in [4.78, 5) is 11.8. The van der Waals surface area contributed by atoms with Crippen molar-refractivity contribution in [2.75, 3.05) is 32.5 Å². The van der Waals surface area contributed by atoms with Gasteiger partial charge in [-0.1, -0.05) is 6.42 Å². The maximum Gasteiger partial charge on any atom is 0.222 e. The number of carbonyl (C=O) groups is 1. The van der Waals surface area contributed by atoms with E-state index >= 15 is 0 Å². The Bertz CT molecular complexity index is 258. The van der Waals surface area contributed by atoms with Crippen molar-refractivity contribution in [3.63, 3.8) is 0 Å². The lowest BCUT2D eigenvalue weighted by Crippen LogP contribution is -2.47. The van der Waals surface area contributed by atoms with Gasteiger partial charge in [-0.25, -0.2) is 0 Å². The molecule has 2 aliphatic rings. The Hall–Kier alpha value is -0.260. The second-order valence-electron chi connectivity index (χ2n) is 4.92. The standard InChI is InChI=1S/C12H22N2O2S/c1-17-12(3-2-4-12)9-14-11(15)7-10-8-13-5-6-16-10/h10,13H,2-9H2,1H3,(H,14,15). The number of hydrogen-bond acceptors (Lipinski definition) is 4. The molecule has 0 spiro atoms. The van der Waals surface area contributed by atoms with Gasteiger partial charge in [0.15, 0.2) is 0 Å². The predicted molar refractivity (Wildman–Crippen MR) is 70.3 cm³/mol. The van der Waals surface area contributed by atoms with Crippen molar-refractivity contribution >= 4 is 17.7 Å². The summed E-state index contributed by atoms with van der Waals surface area (Å²) in [6.07, 6.45) is 6.44. The van der Waals surface area contributed by atoms with Crippen LogP contribution < -0.4 is 10.6 Å². The minimum Gasteiger partial charge on any atom is -0.375 e. The molecule has 4 nitrogen and oxygen atoms in total. The summed E-state index contributed by atoms with van der Waals surface area (Å²) in [5.74, 6) is 0.124. The van der Waals surface area contributed by atoms with E-state index in [1.54, 1.807) is 0 Å². The van der Waals surface area contributed by atoms with Crippen molar-refractivity contribution in [3.05, 3.63) is 0 Å². The molecule has 1 saturated heterocycles. The molecule has 1 heterocycles.